The zero-order valence-corrected chi connectivity index (χ0v) is 21.1. The van der Waals surface area contributed by atoms with Crippen LogP contribution >= 0.6 is 11.6 Å². The molecule has 2 aromatic heterocycles. The van der Waals surface area contributed by atoms with E-state index in [9.17, 15) is 4.79 Å². The lowest BCUT2D eigenvalue weighted by atomic mass is 9.84. The number of rotatable bonds is 5. The van der Waals surface area contributed by atoms with Gasteiger partial charge in [-0.1, -0.05) is 43.0 Å². The average molecular weight is 489 g/mol. The van der Waals surface area contributed by atoms with E-state index >= 15 is 0 Å². The van der Waals surface area contributed by atoms with Crippen molar-refractivity contribution in [3.63, 3.8) is 0 Å². The molecule has 2 heterocycles. The minimum atomic E-state index is -0.0557. The zero-order valence-electron chi connectivity index (χ0n) is 20.3. The van der Waals surface area contributed by atoms with Crippen molar-refractivity contribution in [2.75, 3.05) is 0 Å². The topological polar surface area (TPSA) is 59.8 Å². The molecule has 6 heteroatoms. The minimum Gasteiger partial charge on any atom is -0.348 e. The Morgan fingerprint density at radius 2 is 1.74 bits per heavy atom. The van der Waals surface area contributed by atoms with Crippen molar-refractivity contribution in [2.24, 2.45) is 5.92 Å². The smallest absolute Gasteiger partial charge is 0.272 e. The Kier molecular flexibility index (Phi) is 7.33. The number of nitrogens with one attached hydrogen (secondary N) is 1. The molecule has 0 unspecified atom stereocenters. The van der Waals surface area contributed by atoms with Crippen LogP contribution in [0.15, 0.2) is 48.8 Å². The summed E-state index contributed by atoms with van der Waals surface area (Å²) >= 11 is 6.12. The van der Waals surface area contributed by atoms with Crippen molar-refractivity contribution in [1.29, 1.82) is 0 Å². The Hall–Kier alpha value is -2.92. The van der Waals surface area contributed by atoms with Crippen molar-refractivity contribution in [1.82, 2.24) is 20.1 Å². The fraction of sp³-hybridized carbons (Fsp3) is 0.414. The molecule has 0 spiro atoms. The first-order chi connectivity index (χ1) is 17.1. The van der Waals surface area contributed by atoms with Gasteiger partial charge in [0.25, 0.3) is 5.91 Å². The molecule has 1 atom stereocenters. The van der Waals surface area contributed by atoms with Gasteiger partial charge in [0.1, 0.15) is 0 Å². The van der Waals surface area contributed by atoms with E-state index in [4.69, 9.17) is 16.7 Å². The summed E-state index contributed by atoms with van der Waals surface area (Å²) < 4.78 is 1.95. The van der Waals surface area contributed by atoms with Crippen molar-refractivity contribution in [3.8, 4) is 5.69 Å². The highest BCUT2D eigenvalue weighted by atomic mass is 35.5. The van der Waals surface area contributed by atoms with Gasteiger partial charge in [-0.15, -0.1) is 0 Å². The maximum absolute atomic E-state index is 13.6. The summed E-state index contributed by atoms with van der Waals surface area (Å²) in [6.07, 6.45) is 15.9. The van der Waals surface area contributed by atoms with E-state index in [0.29, 0.717) is 11.6 Å². The van der Waals surface area contributed by atoms with E-state index in [1.807, 2.05) is 41.1 Å². The van der Waals surface area contributed by atoms with Crippen molar-refractivity contribution in [2.45, 2.75) is 70.8 Å². The van der Waals surface area contributed by atoms with Crippen LogP contribution in [0.2, 0.25) is 5.02 Å². The molecule has 0 radical (unpaired) electrons. The maximum Gasteiger partial charge on any atom is 0.272 e. The van der Waals surface area contributed by atoms with Gasteiger partial charge in [-0.2, -0.15) is 5.10 Å². The molecule has 5 rings (SSSR count). The van der Waals surface area contributed by atoms with Crippen LogP contribution in [0.25, 0.3) is 17.3 Å². The highest BCUT2D eigenvalue weighted by molar-refractivity contribution is 6.30. The molecule has 1 N–H and O–H groups in total. The summed E-state index contributed by atoms with van der Waals surface area (Å²) in [5.41, 5.74) is 5.86. The number of carbonyl (C=O) groups excluding carboxylic acids is 1. The van der Waals surface area contributed by atoms with Crippen LogP contribution in [0.3, 0.4) is 0 Å². The number of fused-ring (bicyclic) bond motifs is 1. The largest absolute Gasteiger partial charge is 0.348 e. The number of hydrogen-bond acceptors (Lipinski definition) is 3. The first kappa shape index (κ1) is 23.8. The zero-order chi connectivity index (χ0) is 24.2. The van der Waals surface area contributed by atoms with Gasteiger partial charge in [-0.25, -0.2) is 4.68 Å². The van der Waals surface area contributed by atoms with Gasteiger partial charge in [-0.3, -0.25) is 9.78 Å². The Balaban J connectivity index is 1.56. The van der Waals surface area contributed by atoms with Crippen molar-refractivity contribution < 1.29 is 4.79 Å². The molecule has 0 aliphatic heterocycles. The number of halogens is 1. The molecule has 1 saturated carbocycles. The van der Waals surface area contributed by atoms with Crippen molar-refractivity contribution >= 4 is 29.2 Å². The second-order valence-corrected chi connectivity index (χ2v) is 10.3. The molecule has 35 heavy (non-hydrogen) atoms. The molecule has 1 fully saturated rings. The molecule has 2 aliphatic rings. The molecule has 0 saturated heterocycles. The van der Waals surface area contributed by atoms with Crippen LogP contribution in [0, 0.1) is 5.92 Å². The molecule has 2 aliphatic carbocycles. The third-order valence-electron chi connectivity index (χ3n) is 7.46. The molecule has 3 aromatic rings. The number of amides is 1. The quantitative estimate of drug-likeness (QED) is 0.398. The van der Waals surface area contributed by atoms with E-state index in [1.54, 1.807) is 12.4 Å². The summed E-state index contributed by atoms with van der Waals surface area (Å²) in [4.78, 5) is 17.8. The van der Waals surface area contributed by atoms with Crippen LogP contribution in [0.4, 0.5) is 0 Å². The number of allylic oxidation sites excluding steroid dienone is 1. The number of aromatic nitrogens is 3. The summed E-state index contributed by atoms with van der Waals surface area (Å²) in [6.45, 7) is 2.15. The lowest BCUT2D eigenvalue weighted by molar-refractivity contribution is 0.0913. The van der Waals surface area contributed by atoms with Gasteiger partial charge in [-0.05, 0) is 92.8 Å². The predicted molar refractivity (Wildman–Crippen MR) is 142 cm³/mol. The fourth-order valence-electron chi connectivity index (χ4n) is 5.54. The first-order valence-electron chi connectivity index (χ1n) is 12.9. The minimum absolute atomic E-state index is 0.0557. The second-order valence-electron chi connectivity index (χ2n) is 9.88. The Bertz CT molecular complexity index is 1190. The first-order valence-corrected chi connectivity index (χ1v) is 13.3. The predicted octanol–water partition coefficient (Wildman–Crippen LogP) is 6.89. The van der Waals surface area contributed by atoms with E-state index in [2.05, 4.69) is 23.3 Å². The van der Waals surface area contributed by atoms with Crippen LogP contribution < -0.4 is 5.32 Å². The molecule has 1 amide bonds. The summed E-state index contributed by atoms with van der Waals surface area (Å²) in [5.74, 6) is 0.494. The standard InChI is InChI=1S/C29H33ClN4O/c1-20(22-7-3-2-4-8-22)32-29(35)27-26-10-6-5-9-23(19-21-11-13-24(30)14-12-21)28(26)34(33-27)25-15-17-31-18-16-25/h11-20,22H,2-10H2,1H3,(H,32,35)/b23-19+/t20-/m1/s1. The Morgan fingerprint density at radius 1 is 1.03 bits per heavy atom. The van der Waals surface area contributed by atoms with Gasteiger partial charge in [0.15, 0.2) is 5.69 Å². The molecular formula is C29H33ClN4O. The van der Waals surface area contributed by atoms with Gasteiger partial charge in [0.2, 0.25) is 0 Å². The molecule has 182 valence electrons. The number of benzene rings is 1. The Labute approximate surface area is 212 Å². The highest BCUT2D eigenvalue weighted by Crippen LogP contribution is 2.35. The monoisotopic (exact) mass is 488 g/mol. The molecule has 0 bridgehead atoms. The molecule has 1 aromatic carbocycles. The molecular weight excluding hydrogens is 456 g/mol. The number of hydrogen-bond donors (Lipinski definition) is 1. The SMILES string of the molecule is C[C@@H](NC(=O)c1nn(-c2ccncc2)c2c1CCCC/C2=C\c1ccc(Cl)cc1)C1CCCCC1. The maximum atomic E-state index is 13.6. The fourth-order valence-corrected chi connectivity index (χ4v) is 5.66. The van der Waals surface area contributed by atoms with Crippen LogP contribution in [-0.4, -0.2) is 26.7 Å². The number of pyridine rings is 1. The average Bonchev–Trinajstić information content (AvgIpc) is 3.16. The van der Waals surface area contributed by atoms with Crippen molar-refractivity contribution in [3.05, 3.63) is 76.3 Å². The third-order valence-corrected chi connectivity index (χ3v) is 7.71. The lowest BCUT2D eigenvalue weighted by Crippen LogP contribution is -2.39. The normalized spacial score (nSPS) is 18.6. The highest BCUT2D eigenvalue weighted by Gasteiger charge is 2.29. The molecule has 5 nitrogen and oxygen atoms in total. The summed E-state index contributed by atoms with van der Waals surface area (Å²) in [6, 6.07) is 11.9. The van der Waals surface area contributed by atoms with Crippen LogP contribution in [0.1, 0.15) is 85.6 Å². The van der Waals surface area contributed by atoms with Crippen LogP contribution in [0.5, 0.6) is 0 Å². The number of carbonyl (C=O) groups is 1. The Morgan fingerprint density at radius 3 is 2.49 bits per heavy atom. The van der Waals surface area contributed by atoms with Gasteiger partial charge >= 0.3 is 0 Å². The third kappa shape index (κ3) is 5.35. The van der Waals surface area contributed by atoms with Crippen LogP contribution in [-0.2, 0) is 6.42 Å². The summed E-state index contributed by atoms with van der Waals surface area (Å²) in [7, 11) is 0. The van der Waals surface area contributed by atoms with E-state index < -0.39 is 0 Å². The second kappa shape index (κ2) is 10.8. The van der Waals surface area contributed by atoms with E-state index in [0.717, 1.165) is 53.2 Å². The summed E-state index contributed by atoms with van der Waals surface area (Å²) in [5, 5.41) is 8.96. The lowest BCUT2D eigenvalue weighted by Gasteiger charge is -2.28. The van der Waals surface area contributed by atoms with Gasteiger partial charge in [0.05, 0.1) is 11.4 Å². The van der Waals surface area contributed by atoms with E-state index in [1.165, 1.54) is 37.7 Å². The van der Waals surface area contributed by atoms with E-state index in [-0.39, 0.29) is 11.9 Å². The van der Waals surface area contributed by atoms with Gasteiger partial charge in [0, 0.05) is 29.0 Å². The van der Waals surface area contributed by atoms with Gasteiger partial charge < -0.3 is 5.32 Å². The number of nitrogens with zero attached hydrogens (tertiary/aromatic N) is 3.